The van der Waals surface area contributed by atoms with Gasteiger partial charge in [-0.05, 0) is 25.0 Å². The van der Waals surface area contributed by atoms with Crippen LogP contribution in [0.5, 0.6) is 0 Å². The summed E-state index contributed by atoms with van der Waals surface area (Å²) in [7, 11) is -3.38. The van der Waals surface area contributed by atoms with Gasteiger partial charge in [0.2, 0.25) is 15.9 Å². The average molecular weight is 305 g/mol. The van der Waals surface area contributed by atoms with E-state index in [4.69, 9.17) is 11.6 Å². The first-order chi connectivity index (χ1) is 8.92. The molecule has 1 amide bonds. The molecule has 0 bridgehead atoms. The second kappa shape index (κ2) is 7.35. The van der Waals surface area contributed by atoms with Crippen molar-refractivity contribution in [1.82, 2.24) is 0 Å². The minimum Gasteiger partial charge on any atom is -0.324 e. The first kappa shape index (κ1) is 15.8. The maximum Gasteiger partial charge on any atom is 0.229 e. The van der Waals surface area contributed by atoms with Gasteiger partial charge in [0.25, 0.3) is 0 Å². The standard InChI is InChI=1S/C12H17ClN2O3S/c1-19(17,18)15-11-7-3-2-6-10(11)14-12(16)8-4-5-9-13/h2-3,6-7,15H,4-5,8-9H2,1H3,(H,14,16). The predicted molar refractivity (Wildman–Crippen MR) is 78.1 cm³/mol. The highest BCUT2D eigenvalue weighted by Crippen LogP contribution is 2.22. The van der Waals surface area contributed by atoms with Crippen molar-refractivity contribution in [3.05, 3.63) is 24.3 Å². The smallest absolute Gasteiger partial charge is 0.229 e. The van der Waals surface area contributed by atoms with Crippen molar-refractivity contribution in [2.45, 2.75) is 19.3 Å². The van der Waals surface area contributed by atoms with E-state index in [1.165, 1.54) is 0 Å². The number of rotatable bonds is 7. The molecule has 0 saturated heterocycles. The third-order valence-electron chi connectivity index (χ3n) is 2.28. The molecule has 0 aliphatic heterocycles. The van der Waals surface area contributed by atoms with Crippen molar-refractivity contribution >= 4 is 38.9 Å². The minimum absolute atomic E-state index is 0.159. The van der Waals surface area contributed by atoms with Gasteiger partial charge in [-0.3, -0.25) is 9.52 Å². The van der Waals surface area contributed by atoms with Crippen LogP contribution in [0.2, 0.25) is 0 Å². The first-order valence-electron chi connectivity index (χ1n) is 5.85. The highest BCUT2D eigenvalue weighted by atomic mass is 35.5. The number of sulfonamides is 1. The van der Waals surface area contributed by atoms with Gasteiger partial charge in [0.05, 0.1) is 17.6 Å². The number of anilines is 2. The van der Waals surface area contributed by atoms with Gasteiger partial charge in [-0.1, -0.05) is 12.1 Å². The van der Waals surface area contributed by atoms with Crippen molar-refractivity contribution in [1.29, 1.82) is 0 Å². The fourth-order valence-corrected chi connectivity index (χ4v) is 2.24. The number of carbonyl (C=O) groups excluding carboxylic acids is 1. The SMILES string of the molecule is CS(=O)(=O)Nc1ccccc1NC(=O)CCCCCl. The molecule has 0 radical (unpaired) electrons. The van der Waals surface area contributed by atoms with Crippen LogP contribution in [0.1, 0.15) is 19.3 Å². The molecule has 1 aromatic carbocycles. The molecule has 0 atom stereocenters. The molecule has 0 saturated carbocycles. The monoisotopic (exact) mass is 304 g/mol. The normalized spacial score (nSPS) is 11.1. The van der Waals surface area contributed by atoms with Gasteiger partial charge >= 0.3 is 0 Å². The van der Waals surface area contributed by atoms with Crippen LogP contribution in [0.25, 0.3) is 0 Å². The summed E-state index contributed by atoms with van der Waals surface area (Å²) in [6, 6.07) is 6.65. The van der Waals surface area contributed by atoms with E-state index in [1.807, 2.05) is 0 Å². The summed E-state index contributed by atoms with van der Waals surface area (Å²) in [4.78, 5) is 11.7. The van der Waals surface area contributed by atoms with Crippen LogP contribution in [-0.4, -0.2) is 26.5 Å². The molecule has 1 rings (SSSR count). The van der Waals surface area contributed by atoms with E-state index in [0.29, 0.717) is 30.1 Å². The average Bonchev–Trinajstić information content (AvgIpc) is 2.30. The fourth-order valence-electron chi connectivity index (χ4n) is 1.47. The number of carbonyl (C=O) groups is 1. The Hall–Kier alpha value is -1.27. The van der Waals surface area contributed by atoms with Crippen molar-refractivity contribution in [3.8, 4) is 0 Å². The van der Waals surface area contributed by atoms with Gasteiger partial charge in [0.15, 0.2) is 0 Å². The maximum absolute atomic E-state index is 11.7. The lowest BCUT2D eigenvalue weighted by molar-refractivity contribution is -0.116. The fraction of sp³-hybridized carbons (Fsp3) is 0.417. The second-order valence-electron chi connectivity index (χ2n) is 4.11. The number of para-hydroxylation sites is 2. The van der Waals surface area contributed by atoms with Crippen LogP contribution in [0.4, 0.5) is 11.4 Å². The Morgan fingerprint density at radius 1 is 1.21 bits per heavy atom. The number of amides is 1. The van der Waals surface area contributed by atoms with Crippen LogP contribution >= 0.6 is 11.6 Å². The third kappa shape index (κ3) is 6.45. The van der Waals surface area contributed by atoms with Gasteiger partial charge in [-0.25, -0.2) is 8.42 Å². The summed E-state index contributed by atoms with van der Waals surface area (Å²) < 4.78 is 24.8. The predicted octanol–water partition coefficient (Wildman–Crippen LogP) is 2.41. The van der Waals surface area contributed by atoms with E-state index in [0.717, 1.165) is 12.7 Å². The van der Waals surface area contributed by atoms with E-state index < -0.39 is 10.0 Å². The van der Waals surface area contributed by atoms with Gasteiger partial charge in [0.1, 0.15) is 0 Å². The molecule has 106 valence electrons. The van der Waals surface area contributed by atoms with Crippen molar-refractivity contribution in [2.75, 3.05) is 22.2 Å². The molecule has 0 heterocycles. The lowest BCUT2D eigenvalue weighted by Gasteiger charge is -2.11. The quantitative estimate of drug-likeness (QED) is 0.600. The summed E-state index contributed by atoms with van der Waals surface area (Å²) in [5, 5.41) is 2.68. The zero-order chi connectivity index (χ0) is 14.3. The van der Waals surface area contributed by atoms with Gasteiger partial charge in [-0.2, -0.15) is 0 Å². The molecule has 0 aliphatic rings. The Balaban J connectivity index is 2.70. The Bertz CT molecular complexity index is 532. The van der Waals surface area contributed by atoms with E-state index in [9.17, 15) is 13.2 Å². The molecular formula is C12H17ClN2O3S. The topological polar surface area (TPSA) is 75.3 Å². The Labute approximate surface area is 118 Å². The number of nitrogens with one attached hydrogen (secondary N) is 2. The van der Waals surface area contributed by atoms with Crippen LogP contribution < -0.4 is 10.0 Å². The number of hydrogen-bond acceptors (Lipinski definition) is 3. The van der Waals surface area contributed by atoms with Crippen molar-refractivity contribution in [3.63, 3.8) is 0 Å². The molecule has 0 fully saturated rings. The summed E-state index contributed by atoms with van der Waals surface area (Å²) in [5.41, 5.74) is 0.805. The molecular weight excluding hydrogens is 288 g/mol. The number of hydrogen-bond donors (Lipinski definition) is 2. The largest absolute Gasteiger partial charge is 0.324 e. The minimum atomic E-state index is -3.38. The number of alkyl halides is 1. The van der Waals surface area contributed by atoms with Crippen molar-refractivity contribution < 1.29 is 13.2 Å². The Morgan fingerprint density at radius 2 is 1.84 bits per heavy atom. The van der Waals surface area contributed by atoms with Crippen LogP contribution in [-0.2, 0) is 14.8 Å². The molecule has 0 spiro atoms. The Morgan fingerprint density at radius 3 is 2.42 bits per heavy atom. The van der Waals surface area contributed by atoms with E-state index in [1.54, 1.807) is 24.3 Å². The number of halogens is 1. The van der Waals surface area contributed by atoms with Crippen molar-refractivity contribution in [2.24, 2.45) is 0 Å². The Kier molecular flexibility index (Phi) is 6.11. The summed E-state index contributed by atoms with van der Waals surface area (Å²) in [6.07, 6.45) is 2.90. The number of unbranched alkanes of at least 4 members (excludes halogenated alkanes) is 1. The summed E-state index contributed by atoms with van der Waals surface area (Å²) in [6.45, 7) is 0. The molecule has 2 N–H and O–H groups in total. The first-order valence-corrected chi connectivity index (χ1v) is 8.27. The lowest BCUT2D eigenvalue weighted by Crippen LogP contribution is -2.15. The number of benzene rings is 1. The summed E-state index contributed by atoms with van der Waals surface area (Å²) >= 11 is 5.53. The van der Waals surface area contributed by atoms with Gasteiger partial charge < -0.3 is 5.32 Å². The molecule has 5 nitrogen and oxygen atoms in total. The zero-order valence-electron chi connectivity index (χ0n) is 10.6. The van der Waals surface area contributed by atoms with Gasteiger partial charge in [-0.15, -0.1) is 11.6 Å². The molecule has 7 heteroatoms. The highest BCUT2D eigenvalue weighted by molar-refractivity contribution is 7.92. The maximum atomic E-state index is 11.7. The highest BCUT2D eigenvalue weighted by Gasteiger charge is 2.09. The van der Waals surface area contributed by atoms with Crippen LogP contribution in [0.3, 0.4) is 0 Å². The molecule has 1 aromatic rings. The second-order valence-corrected chi connectivity index (χ2v) is 6.24. The third-order valence-corrected chi connectivity index (χ3v) is 3.14. The van der Waals surface area contributed by atoms with E-state index in [2.05, 4.69) is 10.0 Å². The molecule has 0 unspecified atom stereocenters. The lowest BCUT2D eigenvalue weighted by atomic mass is 10.2. The molecule has 0 aromatic heterocycles. The van der Waals surface area contributed by atoms with E-state index in [-0.39, 0.29) is 5.91 Å². The van der Waals surface area contributed by atoms with Crippen LogP contribution in [0, 0.1) is 0 Å². The zero-order valence-corrected chi connectivity index (χ0v) is 12.2. The van der Waals surface area contributed by atoms with Crippen LogP contribution in [0.15, 0.2) is 24.3 Å². The molecule has 0 aliphatic carbocycles. The summed E-state index contributed by atoms with van der Waals surface area (Å²) in [5.74, 6) is 0.368. The van der Waals surface area contributed by atoms with E-state index >= 15 is 0 Å². The molecule has 19 heavy (non-hydrogen) atoms. The van der Waals surface area contributed by atoms with Gasteiger partial charge in [0, 0.05) is 12.3 Å².